The second-order valence-electron chi connectivity index (χ2n) is 8.76. The molecule has 5 rings (SSSR count). The molecule has 1 aromatic carbocycles. The Morgan fingerprint density at radius 1 is 1.10 bits per heavy atom. The SMILES string of the molecule is O=C(Nc1nnc(C2CC2)s1)N1CCN(Cc2ccccc2)C2(CCCCC2)C1. The van der Waals surface area contributed by atoms with Crippen molar-refractivity contribution in [2.24, 2.45) is 0 Å². The minimum Gasteiger partial charge on any atom is -0.321 e. The van der Waals surface area contributed by atoms with E-state index in [1.807, 2.05) is 4.90 Å². The number of hydrogen-bond donors (Lipinski definition) is 1. The van der Waals surface area contributed by atoms with Gasteiger partial charge in [-0.25, -0.2) is 4.79 Å². The summed E-state index contributed by atoms with van der Waals surface area (Å²) >= 11 is 1.53. The molecule has 1 aromatic heterocycles. The standard InChI is InChI=1S/C22H29N5OS/c28-21(23-20-25-24-19(29-20)18-9-10-18)26-13-14-27(15-17-7-3-1-4-8-17)22(16-26)11-5-2-6-12-22/h1,3-4,7-8,18H,2,5-6,9-16H2,(H,23,25,28). The van der Waals surface area contributed by atoms with Gasteiger partial charge in [0.25, 0.3) is 0 Å². The minimum atomic E-state index is -0.0205. The molecule has 0 radical (unpaired) electrons. The van der Waals surface area contributed by atoms with Gasteiger partial charge in [-0.2, -0.15) is 0 Å². The van der Waals surface area contributed by atoms with Crippen molar-refractivity contribution in [3.05, 3.63) is 40.9 Å². The van der Waals surface area contributed by atoms with E-state index in [0.29, 0.717) is 11.0 Å². The summed E-state index contributed by atoms with van der Waals surface area (Å²) in [4.78, 5) is 17.6. The fourth-order valence-corrected chi connectivity index (χ4v) is 5.77. The lowest BCUT2D eigenvalue weighted by molar-refractivity contribution is -0.0168. The number of aromatic nitrogens is 2. The van der Waals surface area contributed by atoms with Crippen LogP contribution >= 0.6 is 11.3 Å². The Kier molecular flexibility index (Phi) is 5.26. The lowest BCUT2D eigenvalue weighted by atomic mass is 9.78. The van der Waals surface area contributed by atoms with E-state index < -0.39 is 0 Å². The van der Waals surface area contributed by atoms with E-state index >= 15 is 0 Å². The summed E-state index contributed by atoms with van der Waals surface area (Å²) in [7, 11) is 0. The number of nitrogens with zero attached hydrogens (tertiary/aromatic N) is 4. The normalized spacial score (nSPS) is 22.0. The molecule has 1 N–H and O–H groups in total. The predicted octanol–water partition coefficient (Wildman–Crippen LogP) is 4.47. The highest BCUT2D eigenvalue weighted by Gasteiger charge is 2.43. The molecular formula is C22H29N5OS. The van der Waals surface area contributed by atoms with E-state index in [0.717, 1.165) is 31.2 Å². The number of urea groups is 1. The molecular weight excluding hydrogens is 382 g/mol. The molecule has 3 fully saturated rings. The number of piperazine rings is 1. The zero-order valence-corrected chi connectivity index (χ0v) is 17.7. The van der Waals surface area contributed by atoms with Gasteiger partial charge >= 0.3 is 6.03 Å². The summed E-state index contributed by atoms with van der Waals surface area (Å²) in [5.41, 5.74) is 1.46. The molecule has 2 heterocycles. The van der Waals surface area contributed by atoms with Gasteiger partial charge in [0.1, 0.15) is 5.01 Å². The number of anilines is 1. The first-order valence-corrected chi connectivity index (χ1v) is 11.7. The van der Waals surface area contributed by atoms with E-state index in [4.69, 9.17) is 0 Å². The molecule has 2 amide bonds. The maximum absolute atomic E-state index is 13.0. The maximum Gasteiger partial charge on any atom is 0.323 e. The molecule has 1 aliphatic heterocycles. The third-order valence-corrected chi connectivity index (χ3v) is 7.67. The number of carbonyl (C=O) groups is 1. The molecule has 2 aliphatic carbocycles. The number of carbonyl (C=O) groups excluding carboxylic acids is 1. The molecule has 0 bridgehead atoms. The van der Waals surface area contributed by atoms with Gasteiger partial charge in [0.05, 0.1) is 0 Å². The Morgan fingerprint density at radius 3 is 2.66 bits per heavy atom. The second-order valence-corrected chi connectivity index (χ2v) is 9.77. The monoisotopic (exact) mass is 411 g/mol. The first-order valence-electron chi connectivity index (χ1n) is 10.9. The fraction of sp³-hybridized carbons (Fsp3) is 0.591. The third kappa shape index (κ3) is 4.16. The van der Waals surface area contributed by atoms with Gasteiger partial charge in [0.2, 0.25) is 5.13 Å². The number of amides is 2. The number of rotatable bonds is 4. The van der Waals surface area contributed by atoms with Gasteiger partial charge in [-0.3, -0.25) is 10.2 Å². The van der Waals surface area contributed by atoms with Crippen LogP contribution in [0.15, 0.2) is 30.3 Å². The van der Waals surface area contributed by atoms with Crippen molar-refractivity contribution in [3.8, 4) is 0 Å². The van der Waals surface area contributed by atoms with Crippen LogP contribution in [-0.2, 0) is 6.54 Å². The second kappa shape index (κ2) is 8.03. The average molecular weight is 412 g/mol. The number of hydrogen-bond acceptors (Lipinski definition) is 5. The molecule has 154 valence electrons. The Morgan fingerprint density at radius 2 is 1.90 bits per heavy atom. The van der Waals surface area contributed by atoms with Crippen molar-refractivity contribution in [2.75, 3.05) is 25.0 Å². The number of nitrogens with one attached hydrogen (secondary N) is 1. The highest BCUT2D eigenvalue weighted by atomic mass is 32.1. The Bertz CT molecular complexity index is 844. The van der Waals surface area contributed by atoms with Gasteiger partial charge in [-0.05, 0) is 31.2 Å². The van der Waals surface area contributed by atoms with E-state index in [9.17, 15) is 4.79 Å². The molecule has 29 heavy (non-hydrogen) atoms. The molecule has 1 saturated heterocycles. The molecule has 0 unspecified atom stereocenters. The van der Waals surface area contributed by atoms with E-state index in [1.54, 1.807) is 0 Å². The molecule has 1 spiro atoms. The summed E-state index contributed by atoms with van der Waals surface area (Å²) < 4.78 is 0. The highest BCUT2D eigenvalue weighted by molar-refractivity contribution is 7.15. The van der Waals surface area contributed by atoms with Crippen LogP contribution in [0.5, 0.6) is 0 Å². The summed E-state index contributed by atoms with van der Waals surface area (Å²) in [6.07, 6.45) is 8.57. The van der Waals surface area contributed by atoms with Crippen LogP contribution in [-0.4, -0.2) is 51.2 Å². The van der Waals surface area contributed by atoms with E-state index in [1.165, 1.54) is 61.8 Å². The summed E-state index contributed by atoms with van der Waals surface area (Å²) in [5.74, 6) is 0.574. The lowest BCUT2D eigenvalue weighted by Gasteiger charge is -2.52. The predicted molar refractivity (Wildman–Crippen MR) is 115 cm³/mol. The molecule has 0 atom stereocenters. The van der Waals surface area contributed by atoms with Crippen LogP contribution in [0.25, 0.3) is 0 Å². The molecule has 6 nitrogen and oxygen atoms in total. The Hall–Kier alpha value is -1.99. The van der Waals surface area contributed by atoms with E-state index in [-0.39, 0.29) is 11.6 Å². The van der Waals surface area contributed by atoms with Crippen LogP contribution in [0.1, 0.15) is 61.4 Å². The van der Waals surface area contributed by atoms with Crippen LogP contribution in [0.2, 0.25) is 0 Å². The van der Waals surface area contributed by atoms with E-state index in [2.05, 4.69) is 50.7 Å². The summed E-state index contributed by atoms with van der Waals surface area (Å²) in [6, 6.07) is 10.7. The third-order valence-electron chi connectivity index (χ3n) is 6.66. The molecule has 2 aromatic rings. The fourth-order valence-electron chi connectivity index (χ4n) is 4.87. The van der Waals surface area contributed by atoms with Crippen LogP contribution in [0.3, 0.4) is 0 Å². The van der Waals surface area contributed by atoms with Crippen molar-refractivity contribution < 1.29 is 4.79 Å². The largest absolute Gasteiger partial charge is 0.323 e. The Labute approximate surface area is 176 Å². The van der Waals surface area contributed by atoms with Crippen LogP contribution < -0.4 is 5.32 Å². The van der Waals surface area contributed by atoms with Crippen molar-refractivity contribution in [2.45, 2.75) is 62.9 Å². The number of benzene rings is 1. The van der Waals surface area contributed by atoms with Gasteiger partial charge in [-0.1, -0.05) is 60.9 Å². The first-order chi connectivity index (χ1) is 14.2. The zero-order valence-electron chi connectivity index (χ0n) is 16.8. The minimum absolute atomic E-state index is 0.0205. The lowest BCUT2D eigenvalue weighted by Crippen LogP contribution is -2.64. The Balaban J connectivity index is 1.28. The maximum atomic E-state index is 13.0. The van der Waals surface area contributed by atoms with Gasteiger partial charge in [-0.15, -0.1) is 10.2 Å². The van der Waals surface area contributed by atoms with Gasteiger partial charge in [0.15, 0.2) is 0 Å². The zero-order chi connectivity index (χ0) is 19.7. The van der Waals surface area contributed by atoms with Crippen LogP contribution in [0, 0.1) is 0 Å². The average Bonchev–Trinajstić information content (AvgIpc) is 3.50. The molecule has 7 heteroatoms. The first kappa shape index (κ1) is 19.0. The van der Waals surface area contributed by atoms with Crippen molar-refractivity contribution in [3.63, 3.8) is 0 Å². The summed E-state index contributed by atoms with van der Waals surface area (Å²) in [6.45, 7) is 3.46. The van der Waals surface area contributed by atoms with Crippen molar-refractivity contribution in [1.82, 2.24) is 20.0 Å². The van der Waals surface area contributed by atoms with Gasteiger partial charge in [0, 0.05) is 37.6 Å². The highest BCUT2D eigenvalue weighted by Crippen LogP contribution is 2.42. The quantitative estimate of drug-likeness (QED) is 0.806. The van der Waals surface area contributed by atoms with Crippen LogP contribution in [0.4, 0.5) is 9.93 Å². The summed E-state index contributed by atoms with van der Waals surface area (Å²) in [5, 5.41) is 13.2. The van der Waals surface area contributed by atoms with Gasteiger partial charge < -0.3 is 4.90 Å². The molecule has 3 aliphatic rings. The smallest absolute Gasteiger partial charge is 0.321 e. The topological polar surface area (TPSA) is 61.4 Å². The molecule has 2 saturated carbocycles. The van der Waals surface area contributed by atoms with Crippen molar-refractivity contribution in [1.29, 1.82) is 0 Å². The van der Waals surface area contributed by atoms with Crippen molar-refractivity contribution >= 4 is 22.5 Å².